The molecule has 0 N–H and O–H groups in total. The van der Waals surface area contributed by atoms with Crippen LogP contribution >= 0.6 is 0 Å². The number of hydrogen-bond donors (Lipinski definition) is 0. The summed E-state index contributed by atoms with van der Waals surface area (Å²) in [5.74, 6) is -0.323. The second kappa shape index (κ2) is 9.15. The van der Waals surface area contributed by atoms with Gasteiger partial charge in [-0.2, -0.15) is 0 Å². The van der Waals surface area contributed by atoms with E-state index in [0.29, 0.717) is 26.3 Å². The van der Waals surface area contributed by atoms with E-state index in [1.165, 1.54) is 14.0 Å². The molecule has 16 heavy (non-hydrogen) atoms. The Bertz CT molecular complexity index is 218. The van der Waals surface area contributed by atoms with Gasteiger partial charge < -0.3 is 14.4 Å². The van der Waals surface area contributed by atoms with Gasteiger partial charge in [0, 0.05) is 33.2 Å². The summed E-state index contributed by atoms with van der Waals surface area (Å²) in [6.45, 7) is 5.78. The first-order valence-electron chi connectivity index (χ1n) is 5.51. The molecule has 0 aliphatic rings. The van der Waals surface area contributed by atoms with Crippen molar-refractivity contribution in [3.05, 3.63) is 0 Å². The number of nitrogens with zero attached hydrogens (tertiary/aromatic N) is 1. The zero-order valence-electron chi connectivity index (χ0n) is 10.3. The molecule has 0 fully saturated rings. The number of carbonyl (C=O) groups excluding carboxylic acids is 2. The first-order chi connectivity index (χ1) is 7.61. The summed E-state index contributed by atoms with van der Waals surface area (Å²) in [7, 11) is 1.34. The number of carbonyl (C=O) groups is 2. The number of amides is 1. The molecule has 0 aromatic rings. The Balaban J connectivity index is 3.80. The van der Waals surface area contributed by atoms with Crippen LogP contribution in [0.3, 0.4) is 0 Å². The molecule has 0 atom stereocenters. The lowest BCUT2D eigenvalue weighted by Crippen LogP contribution is -2.32. The normalized spacial score (nSPS) is 9.94. The summed E-state index contributed by atoms with van der Waals surface area (Å²) in [6, 6.07) is 0. The van der Waals surface area contributed by atoms with Crippen molar-refractivity contribution >= 4 is 11.9 Å². The maximum atomic E-state index is 11.2. The smallest absolute Gasteiger partial charge is 0.307 e. The molecular weight excluding hydrogens is 210 g/mol. The summed E-state index contributed by atoms with van der Waals surface area (Å²) < 4.78 is 9.70. The van der Waals surface area contributed by atoms with E-state index in [-0.39, 0.29) is 18.3 Å². The first kappa shape index (κ1) is 14.9. The molecule has 0 aromatic carbocycles. The van der Waals surface area contributed by atoms with Crippen molar-refractivity contribution in [1.82, 2.24) is 4.90 Å². The maximum absolute atomic E-state index is 11.2. The summed E-state index contributed by atoms with van der Waals surface area (Å²) in [5, 5.41) is 0. The fourth-order valence-electron chi connectivity index (χ4n) is 1.26. The third-order valence-corrected chi connectivity index (χ3v) is 2.18. The molecule has 0 heterocycles. The SMILES string of the molecule is CCOCCCN(CCC(=O)OC)C(C)=O. The Morgan fingerprint density at radius 2 is 1.94 bits per heavy atom. The molecule has 0 saturated heterocycles. The van der Waals surface area contributed by atoms with E-state index < -0.39 is 0 Å². The van der Waals surface area contributed by atoms with Crippen molar-refractivity contribution in [2.24, 2.45) is 0 Å². The van der Waals surface area contributed by atoms with Crippen LogP contribution in [0.4, 0.5) is 0 Å². The van der Waals surface area contributed by atoms with Gasteiger partial charge in [0.1, 0.15) is 0 Å². The van der Waals surface area contributed by atoms with Gasteiger partial charge in [-0.05, 0) is 13.3 Å². The van der Waals surface area contributed by atoms with Gasteiger partial charge >= 0.3 is 5.97 Å². The lowest BCUT2D eigenvalue weighted by atomic mass is 10.3. The van der Waals surface area contributed by atoms with Crippen LogP contribution in [-0.4, -0.2) is 50.2 Å². The standard InChI is InChI=1S/C11H21NO4/c1-4-16-9-5-7-12(10(2)13)8-6-11(14)15-3/h4-9H2,1-3H3. The Hall–Kier alpha value is -1.10. The van der Waals surface area contributed by atoms with Gasteiger partial charge in [-0.3, -0.25) is 9.59 Å². The van der Waals surface area contributed by atoms with Crippen LogP contribution < -0.4 is 0 Å². The average molecular weight is 231 g/mol. The van der Waals surface area contributed by atoms with Gasteiger partial charge in [0.25, 0.3) is 0 Å². The first-order valence-corrected chi connectivity index (χ1v) is 5.51. The molecular formula is C11H21NO4. The van der Waals surface area contributed by atoms with E-state index in [9.17, 15) is 9.59 Å². The summed E-state index contributed by atoms with van der Waals surface area (Å²) in [4.78, 5) is 23.8. The molecule has 0 unspecified atom stereocenters. The highest BCUT2D eigenvalue weighted by Gasteiger charge is 2.10. The Morgan fingerprint density at radius 1 is 1.25 bits per heavy atom. The Morgan fingerprint density at radius 3 is 2.44 bits per heavy atom. The topological polar surface area (TPSA) is 55.8 Å². The summed E-state index contributed by atoms with van der Waals surface area (Å²) in [6.07, 6.45) is 1.03. The minimum absolute atomic E-state index is 0.0274. The van der Waals surface area contributed by atoms with Gasteiger partial charge in [0.05, 0.1) is 13.5 Å². The van der Waals surface area contributed by atoms with E-state index in [2.05, 4.69) is 4.74 Å². The van der Waals surface area contributed by atoms with Crippen LogP contribution in [0, 0.1) is 0 Å². The minimum Gasteiger partial charge on any atom is -0.469 e. The molecule has 0 saturated carbocycles. The molecule has 0 spiro atoms. The van der Waals surface area contributed by atoms with Gasteiger partial charge in [-0.1, -0.05) is 0 Å². The van der Waals surface area contributed by atoms with Crippen molar-refractivity contribution in [3.63, 3.8) is 0 Å². The molecule has 0 aromatic heterocycles. The van der Waals surface area contributed by atoms with E-state index in [0.717, 1.165) is 6.42 Å². The van der Waals surface area contributed by atoms with Crippen molar-refractivity contribution in [2.45, 2.75) is 26.7 Å². The average Bonchev–Trinajstić information content (AvgIpc) is 2.27. The van der Waals surface area contributed by atoms with Crippen molar-refractivity contribution in [2.75, 3.05) is 33.4 Å². The van der Waals surface area contributed by atoms with Crippen LogP contribution in [0.15, 0.2) is 0 Å². The van der Waals surface area contributed by atoms with E-state index >= 15 is 0 Å². The number of esters is 1. The van der Waals surface area contributed by atoms with Gasteiger partial charge in [-0.25, -0.2) is 0 Å². The largest absolute Gasteiger partial charge is 0.469 e. The lowest BCUT2D eigenvalue weighted by molar-refractivity contribution is -0.141. The van der Waals surface area contributed by atoms with Crippen LogP contribution in [0.5, 0.6) is 0 Å². The highest BCUT2D eigenvalue weighted by molar-refractivity contribution is 5.74. The molecule has 0 radical (unpaired) electrons. The third kappa shape index (κ3) is 7.23. The van der Waals surface area contributed by atoms with Crippen LogP contribution in [0.1, 0.15) is 26.7 Å². The lowest BCUT2D eigenvalue weighted by Gasteiger charge is -2.20. The van der Waals surface area contributed by atoms with Gasteiger partial charge in [0.2, 0.25) is 5.91 Å². The van der Waals surface area contributed by atoms with Crippen molar-refractivity contribution in [1.29, 1.82) is 0 Å². The fraction of sp³-hybridized carbons (Fsp3) is 0.818. The molecule has 94 valence electrons. The molecule has 5 nitrogen and oxygen atoms in total. The number of rotatable bonds is 8. The Kier molecular flexibility index (Phi) is 8.52. The molecule has 0 aliphatic carbocycles. The summed E-state index contributed by atoms with van der Waals surface area (Å²) in [5.41, 5.74) is 0. The minimum atomic E-state index is -0.295. The van der Waals surface area contributed by atoms with E-state index in [1.807, 2.05) is 6.92 Å². The maximum Gasteiger partial charge on any atom is 0.307 e. The fourth-order valence-corrected chi connectivity index (χ4v) is 1.26. The van der Waals surface area contributed by atoms with Gasteiger partial charge in [0.15, 0.2) is 0 Å². The predicted molar refractivity (Wildman–Crippen MR) is 60.0 cm³/mol. The zero-order chi connectivity index (χ0) is 12.4. The van der Waals surface area contributed by atoms with E-state index in [1.54, 1.807) is 4.90 Å². The second-order valence-electron chi connectivity index (χ2n) is 3.38. The van der Waals surface area contributed by atoms with Crippen LogP contribution in [-0.2, 0) is 19.1 Å². The molecule has 5 heteroatoms. The van der Waals surface area contributed by atoms with Gasteiger partial charge in [-0.15, -0.1) is 0 Å². The van der Waals surface area contributed by atoms with Crippen LogP contribution in [0.2, 0.25) is 0 Å². The molecule has 0 rings (SSSR count). The highest BCUT2D eigenvalue weighted by atomic mass is 16.5. The Labute approximate surface area is 96.7 Å². The highest BCUT2D eigenvalue weighted by Crippen LogP contribution is 1.97. The predicted octanol–water partition coefficient (Wildman–Crippen LogP) is 0.825. The van der Waals surface area contributed by atoms with E-state index in [4.69, 9.17) is 4.74 Å². The number of ether oxygens (including phenoxy) is 2. The number of methoxy groups -OCH3 is 1. The van der Waals surface area contributed by atoms with Crippen molar-refractivity contribution < 1.29 is 19.1 Å². The van der Waals surface area contributed by atoms with Crippen molar-refractivity contribution in [3.8, 4) is 0 Å². The van der Waals surface area contributed by atoms with Crippen LogP contribution in [0.25, 0.3) is 0 Å². The number of hydrogen-bond acceptors (Lipinski definition) is 4. The molecule has 0 bridgehead atoms. The molecule has 1 amide bonds. The second-order valence-corrected chi connectivity index (χ2v) is 3.38. The summed E-state index contributed by atoms with van der Waals surface area (Å²) >= 11 is 0. The third-order valence-electron chi connectivity index (χ3n) is 2.18. The monoisotopic (exact) mass is 231 g/mol. The quantitative estimate of drug-likeness (QED) is 0.458. The zero-order valence-corrected chi connectivity index (χ0v) is 10.3. The molecule has 0 aliphatic heterocycles.